The van der Waals surface area contributed by atoms with Crippen molar-refractivity contribution < 1.29 is 4.79 Å². The Morgan fingerprint density at radius 3 is 1.95 bits per heavy atom. The molecule has 0 radical (unpaired) electrons. The smallest absolute Gasteiger partial charge is 0.228 e. The van der Waals surface area contributed by atoms with Gasteiger partial charge in [-0.1, -0.05) is 0 Å². The average molecular weight is 265 g/mol. The van der Waals surface area contributed by atoms with Gasteiger partial charge in [-0.3, -0.25) is 4.79 Å². The third-order valence-electron chi connectivity index (χ3n) is 5.60. The van der Waals surface area contributed by atoms with Gasteiger partial charge in [-0.25, -0.2) is 0 Å². The van der Waals surface area contributed by atoms with E-state index in [0.717, 1.165) is 26.2 Å². The summed E-state index contributed by atoms with van der Waals surface area (Å²) in [6, 6.07) is 0. The molecule has 0 N–H and O–H groups in total. The molecule has 0 aromatic heterocycles. The minimum Gasteiger partial charge on any atom is -0.342 e. The largest absolute Gasteiger partial charge is 0.342 e. The lowest BCUT2D eigenvalue weighted by Gasteiger charge is -2.47. The van der Waals surface area contributed by atoms with Crippen LogP contribution in [-0.2, 0) is 4.79 Å². The van der Waals surface area contributed by atoms with Gasteiger partial charge in [-0.05, 0) is 58.3 Å². The first kappa shape index (κ1) is 13.4. The molecule has 0 aliphatic carbocycles. The van der Waals surface area contributed by atoms with Crippen molar-refractivity contribution in [2.75, 3.05) is 53.4 Å². The summed E-state index contributed by atoms with van der Waals surface area (Å²) in [5.41, 5.74) is 0.555. The van der Waals surface area contributed by atoms with Gasteiger partial charge < -0.3 is 14.7 Å². The van der Waals surface area contributed by atoms with Crippen LogP contribution in [0.5, 0.6) is 0 Å². The first-order chi connectivity index (χ1) is 9.08. The van der Waals surface area contributed by atoms with E-state index in [-0.39, 0.29) is 5.92 Å². The van der Waals surface area contributed by atoms with Crippen molar-refractivity contribution in [1.82, 2.24) is 14.7 Å². The van der Waals surface area contributed by atoms with Crippen LogP contribution in [-0.4, -0.2) is 74.0 Å². The number of nitrogens with zero attached hydrogens (tertiary/aromatic N) is 3. The van der Waals surface area contributed by atoms with E-state index in [1.807, 2.05) is 0 Å². The molecule has 0 unspecified atom stereocenters. The predicted molar refractivity (Wildman–Crippen MR) is 76.0 cm³/mol. The van der Waals surface area contributed by atoms with Crippen molar-refractivity contribution in [2.45, 2.75) is 25.7 Å². The van der Waals surface area contributed by atoms with E-state index in [2.05, 4.69) is 28.8 Å². The summed E-state index contributed by atoms with van der Waals surface area (Å²) in [6.45, 7) is 6.41. The molecule has 3 heterocycles. The molecule has 3 rings (SSSR count). The van der Waals surface area contributed by atoms with Crippen LogP contribution in [0.25, 0.3) is 0 Å². The SMILES string of the molecule is CN1CCC2(CC1)CCN(C(=O)C1CN(C)C1)CC2. The lowest BCUT2D eigenvalue weighted by atomic mass is 9.71. The molecule has 3 fully saturated rings. The second kappa shape index (κ2) is 5.06. The molecule has 0 aromatic rings. The maximum absolute atomic E-state index is 12.3. The van der Waals surface area contributed by atoms with Crippen LogP contribution in [0.4, 0.5) is 0 Å². The minimum atomic E-state index is 0.288. The highest BCUT2D eigenvalue weighted by molar-refractivity contribution is 5.80. The Kier molecular flexibility index (Phi) is 3.56. The summed E-state index contributed by atoms with van der Waals surface area (Å²) in [5, 5.41) is 0. The van der Waals surface area contributed by atoms with Crippen molar-refractivity contribution in [2.24, 2.45) is 11.3 Å². The van der Waals surface area contributed by atoms with Gasteiger partial charge in [-0.2, -0.15) is 0 Å². The first-order valence-corrected chi connectivity index (χ1v) is 7.74. The zero-order valence-corrected chi connectivity index (χ0v) is 12.4. The Balaban J connectivity index is 1.50. The molecule has 108 valence electrons. The van der Waals surface area contributed by atoms with Gasteiger partial charge in [-0.15, -0.1) is 0 Å². The lowest BCUT2D eigenvalue weighted by Crippen LogP contribution is -2.55. The van der Waals surface area contributed by atoms with Crippen molar-refractivity contribution in [3.63, 3.8) is 0 Å². The first-order valence-electron chi connectivity index (χ1n) is 7.74. The highest BCUT2D eigenvalue weighted by atomic mass is 16.2. The number of carbonyl (C=O) groups excluding carboxylic acids is 1. The second-order valence-electron chi connectivity index (χ2n) is 7.05. The quantitative estimate of drug-likeness (QED) is 0.704. The summed E-state index contributed by atoms with van der Waals surface area (Å²) < 4.78 is 0. The summed E-state index contributed by atoms with van der Waals surface area (Å²) in [4.78, 5) is 19.1. The number of carbonyl (C=O) groups is 1. The molecule has 0 atom stereocenters. The molecule has 0 bridgehead atoms. The van der Waals surface area contributed by atoms with E-state index in [1.54, 1.807) is 0 Å². The van der Waals surface area contributed by atoms with E-state index in [0.29, 0.717) is 11.3 Å². The van der Waals surface area contributed by atoms with E-state index >= 15 is 0 Å². The van der Waals surface area contributed by atoms with Gasteiger partial charge in [0.05, 0.1) is 5.92 Å². The highest BCUT2D eigenvalue weighted by Crippen LogP contribution is 2.41. The van der Waals surface area contributed by atoms with Gasteiger partial charge in [0.15, 0.2) is 0 Å². The van der Waals surface area contributed by atoms with E-state index in [9.17, 15) is 4.79 Å². The topological polar surface area (TPSA) is 26.8 Å². The fourth-order valence-corrected chi connectivity index (χ4v) is 3.91. The molecule has 0 saturated carbocycles. The third-order valence-corrected chi connectivity index (χ3v) is 5.60. The molecule has 1 spiro atoms. The number of likely N-dealkylation sites (tertiary alicyclic amines) is 3. The van der Waals surface area contributed by atoms with Gasteiger partial charge in [0.1, 0.15) is 0 Å². The number of rotatable bonds is 1. The summed E-state index contributed by atoms with van der Waals surface area (Å²) in [5.74, 6) is 0.706. The van der Waals surface area contributed by atoms with Crippen LogP contribution >= 0.6 is 0 Å². The number of amides is 1. The predicted octanol–water partition coefficient (Wildman–Crippen LogP) is 0.882. The molecule has 4 nitrogen and oxygen atoms in total. The van der Waals surface area contributed by atoms with E-state index < -0.39 is 0 Å². The third kappa shape index (κ3) is 2.65. The van der Waals surface area contributed by atoms with Crippen molar-refractivity contribution in [1.29, 1.82) is 0 Å². The van der Waals surface area contributed by atoms with Gasteiger partial charge >= 0.3 is 0 Å². The van der Waals surface area contributed by atoms with E-state index in [1.165, 1.54) is 38.8 Å². The van der Waals surface area contributed by atoms with Crippen molar-refractivity contribution in [3.05, 3.63) is 0 Å². The molecule has 19 heavy (non-hydrogen) atoms. The van der Waals surface area contributed by atoms with Crippen LogP contribution in [0.1, 0.15) is 25.7 Å². The molecule has 0 aromatic carbocycles. The van der Waals surface area contributed by atoms with Crippen LogP contribution < -0.4 is 0 Å². The standard InChI is InChI=1S/C15H27N3O/c1-16-7-3-15(4-8-16)5-9-18(10-6-15)14(19)13-11-17(2)12-13/h13H,3-12H2,1-2H3. The van der Waals surface area contributed by atoms with E-state index in [4.69, 9.17) is 0 Å². The summed E-state index contributed by atoms with van der Waals surface area (Å²) >= 11 is 0. The van der Waals surface area contributed by atoms with Crippen LogP contribution in [0.15, 0.2) is 0 Å². The van der Waals surface area contributed by atoms with Crippen LogP contribution in [0.3, 0.4) is 0 Å². The zero-order chi connectivity index (χ0) is 13.5. The maximum Gasteiger partial charge on any atom is 0.228 e. The number of hydrogen-bond acceptors (Lipinski definition) is 3. The Hall–Kier alpha value is -0.610. The molecule has 3 saturated heterocycles. The average Bonchev–Trinajstić information content (AvgIpc) is 2.39. The Morgan fingerprint density at radius 2 is 1.42 bits per heavy atom. The van der Waals surface area contributed by atoms with Crippen LogP contribution in [0.2, 0.25) is 0 Å². The monoisotopic (exact) mass is 265 g/mol. The maximum atomic E-state index is 12.3. The second-order valence-corrected chi connectivity index (χ2v) is 7.05. The fourth-order valence-electron chi connectivity index (χ4n) is 3.91. The molecule has 3 aliphatic rings. The Bertz CT molecular complexity index is 333. The van der Waals surface area contributed by atoms with Gasteiger partial charge in [0, 0.05) is 26.2 Å². The number of hydrogen-bond donors (Lipinski definition) is 0. The summed E-state index contributed by atoms with van der Waals surface area (Å²) in [6.07, 6.45) is 5.12. The van der Waals surface area contributed by atoms with Gasteiger partial charge in [0.25, 0.3) is 0 Å². The Morgan fingerprint density at radius 1 is 0.895 bits per heavy atom. The summed E-state index contributed by atoms with van der Waals surface area (Å²) in [7, 11) is 4.31. The molecule has 4 heteroatoms. The highest BCUT2D eigenvalue weighted by Gasteiger charge is 2.40. The fraction of sp³-hybridized carbons (Fsp3) is 0.933. The Labute approximate surface area is 116 Å². The number of piperidine rings is 2. The molecular weight excluding hydrogens is 238 g/mol. The van der Waals surface area contributed by atoms with Crippen molar-refractivity contribution in [3.8, 4) is 0 Å². The van der Waals surface area contributed by atoms with Gasteiger partial charge in [0.2, 0.25) is 5.91 Å². The minimum absolute atomic E-state index is 0.288. The normalized spacial score (nSPS) is 29.5. The zero-order valence-electron chi connectivity index (χ0n) is 12.4. The molecule has 3 aliphatic heterocycles. The lowest BCUT2D eigenvalue weighted by molar-refractivity contribution is -0.143. The molecular formula is C15H27N3O. The van der Waals surface area contributed by atoms with Crippen LogP contribution in [0, 0.1) is 11.3 Å². The van der Waals surface area contributed by atoms with Crippen molar-refractivity contribution >= 4 is 5.91 Å². The molecule has 1 amide bonds.